The first kappa shape index (κ1) is 25.7. The Balaban J connectivity index is 1.54. The minimum absolute atomic E-state index is 0.246. The van der Waals surface area contributed by atoms with Gasteiger partial charge in [0, 0.05) is 11.8 Å². The number of aliphatic imine (C=N–C) groups is 2. The number of aromatic nitrogens is 2. The summed E-state index contributed by atoms with van der Waals surface area (Å²) in [5.74, 6) is 1.59. The van der Waals surface area contributed by atoms with Gasteiger partial charge in [-0.1, -0.05) is 78.9 Å². The molecular weight excluding hydrogens is 510 g/mol. The van der Waals surface area contributed by atoms with E-state index in [1.54, 1.807) is 22.9 Å². The second-order valence-electron chi connectivity index (χ2n) is 9.41. The molecule has 7 heteroatoms. The van der Waals surface area contributed by atoms with E-state index in [1.807, 2.05) is 128 Å². The number of nitrogens with zero attached hydrogens (tertiary/aromatic N) is 5. The average Bonchev–Trinajstić information content (AvgIpc) is 3.52. The molecule has 2 heterocycles. The van der Waals surface area contributed by atoms with Crippen LogP contribution in [0.4, 0.5) is 11.5 Å². The van der Waals surface area contributed by atoms with E-state index < -0.39 is 0 Å². The summed E-state index contributed by atoms with van der Waals surface area (Å²) in [6.45, 7) is 1.92. The number of aryl methyl sites for hydroxylation is 1. The molecule has 5 aromatic rings. The molecule has 0 fully saturated rings. The van der Waals surface area contributed by atoms with Crippen molar-refractivity contribution in [3.05, 3.63) is 143 Å². The van der Waals surface area contributed by atoms with E-state index in [4.69, 9.17) is 19.8 Å². The summed E-state index contributed by atoms with van der Waals surface area (Å²) in [4.78, 5) is 25.5. The smallest absolute Gasteiger partial charge is 0.283 e. The lowest BCUT2D eigenvalue weighted by atomic mass is 10.1. The fourth-order valence-corrected chi connectivity index (χ4v) is 4.65. The van der Waals surface area contributed by atoms with Gasteiger partial charge in [0.25, 0.3) is 5.91 Å². The SMILES string of the molecule is COc1ccc(N=Cc2c(C)nn(-c3ccccc3)c2N2C(=O)/C(=C/c3ccccc3)N=C2c2ccccc2)cc1. The van der Waals surface area contributed by atoms with Gasteiger partial charge in [-0.15, -0.1) is 0 Å². The van der Waals surface area contributed by atoms with Crippen molar-refractivity contribution in [2.45, 2.75) is 6.92 Å². The standard InChI is InChI=1S/C34H27N5O2/c1-24-30(23-35-27-18-20-29(41-2)21-19-27)33(39(37-24)28-16-10-5-11-17-28)38-32(26-14-8-4-9-15-26)36-31(34(38)40)22-25-12-6-3-7-13-25/h3-23H,1-2H3/b31-22-,35-23?. The molecule has 1 aromatic heterocycles. The van der Waals surface area contributed by atoms with Crippen molar-refractivity contribution in [2.75, 3.05) is 12.0 Å². The summed E-state index contributed by atoms with van der Waals surface area (Å²) < 4.78 is 7.06. The molecule has 1 amide bonds. The summed E-state index contributed by atoms with van der Waals surface area (Å²) in [6.07, 6.45) is 3.57. The predicted molar refractivity (Wildman–Crippen MR) is 163 cm³/mol. The fourth-order valence-electron chi connectivity index (χ4n) is 4.65. The molecule has 0 N–H and O–H groups in total. The molecule has 4 aromatic carbocycles. The first-order valence-corrected chi connectivity index (χ1v) is 13.2. The molecule has 0 atom stereocenters. The number of rotatable bonds is 7. The van der Waals surface area contributed by atoms with Gasteiger partial charge in [0.05, 0.1) is 29.7 Å². The summed E-state index contributed by atoms with van der Waals surface area (Å²) in [6, 6.07) is 36.7. The maximum absolute atomic E-state index is 14.2. The third kappa shape index (κ3) is 5.21. The molecule has 0 saturated heterocycles. The maximum Gasteiger partial charge on any atom is 0.283 e. The van der Waals surface area contributed by atoms with Crippen molar-refractivity contribution in [3.63, 3.8) is 0 Å². The van der Waals surface area contributed by atoms with E-state index in [1.165, 1.54) is 0 Å². The highest BCUT2D eigenvalue weighted by molar-refractivity contribution is 6.33. The normalized spacial score (nSPS) is 14.2. The van der Waals surface area contributed by atoms with Crippen LogP contribution in [0.15, 0.2) is 131 Å². The van der Waals surface area contributed by atoms with Gasteiger partial charge in [-0.3, -0.25) is 9.79 Å². The number of hydrogen-bond donors (Lipinski definition) is 0. The molecule has 1 aliphatic rings. The predicted octanol–water partition coefficient (Wildman–Crippen LogP) is 6.77. The largest absolute Gasteiger partial charge is 0.497 e. The number of ether oxygens (including phenoxy) is 1. The van der Waals surface area contributed by atoms with Gasteiger partial charge in [0.15, 0.2) is 5.82 Å². The van der Waals surface area contributed by atoms with Crippen LogP contribution in [0.25, 0.3) is 11.8 Å². The van der Waals surface area contributed by atoms with Crippen molar-refractivity contribution in [3.8, 4) is 11.4 Å². The molecule has 41 heavy (non-hydrogen) atoms. The van der Waals surface area contributed by atoms with Gasteiger partial charge in [0.1, 0.15) is 17.3 Å². The van der Waals surface area contributed by atoms with E-state index >= 15 is 0 Å². The second kappa shape index (κ2) is 11.3. The van der Waals surface area contributed by atoms with Crippen LogP contribution < -0.4 is 9.64 Å². The van der Waals surface area contributed by atoms with E-state index in [0.29, 0.717) is 22.9 Å². The van der Waals surface area contributed by atoms with E-state index in [0.717, 1.165) is 33.9 Å². The van der Waals surface area contributed by atoms with Gasteiger partial charge in [-0.2, -0.15) is 5.10 Å². The molecule has 0 bridgehead atoms. The zero-order valence-corrected chi connectivity index (χ0v) is 22.7. The lowest BCUT2D eigenvalue weighted by Gasteiger charge is -2.21. The van der Waals surface area contributed by atoms with Gasteiger partial charge in [-0.25, -0.2) is 14.6 Å². The lowest BCUT2D eigenvalue weighted by molar-refractivity contribution is -0.113. The van der Waals surface area contributed by atoms with Crippen LogP contribution in [0.2, 0.25) is 0 Å². The fraction of sp³-hybridized carbons (Fsp3) is 0.0588. The van der Waals surface area contributed by atoms with Gasteiger partial charge < -0.3 is 4.74 Å². The van der Waals surface area contributed by atoms with Crippen molar-refractivity contribution < 1.29 is 9.53 Å². The molecule has 0 unspecified atom stereocenters. The van der Waals surface area contributed by atoms with Gasteiger partial charge >= 0.3 is 0 Å². The summed E-state index contributed by atoms with van der Waals surface area (Å²) in [5, 5.41) is 4.87. The number of carbonyl (C=O) groups is 1. The molecule has 0 aliphatic carbocycles. The Hall–Kier alpha value is -5.56. The Kier molecular flexibility index (Phi) is 7.07. The van der Waals surface area contributed by atoms with Crippen LogP contribution in [0.3, 0.4) is 0 Å². The van der Waals surface area contributed by atoms with Gasteiger partial charge in [0.2, 0.25) is 0 Å². The molecule has 0 saturated carbocycles. The topological polar surface area (TPSA) is 72.1 Å². The molecule has 7 nitrogen and oxygen atoms in total. The zero-order valence-electron chi connectivity index (χ0n) is 22.7. The zero-order chi connectivity index (χ0) is 28.2. The minimum atomic E-state index is -0.246. The number of carbonyl (C=O) groups excluding carboxylic acids is 1. The average molecular weight is 538 g/mol. The monoisotopic (exact) mass is 537 g/mol. The Bertz CT molecular complexity index is 1770. The van der Waals surface area contributed by atoms with Crippen molar-refractivity contribution >= 4 is 35.5 Å². The Morgan fingerprint density at radius 2 is 1.44 bits per heavy atom. The van der Waals surface area contributed by atoms with Crippen LogP contribution in [0, 0.1) is 6.92 Å². The van der Waals surface area contributed by atoms with Gasteiger partial charge in [-0.05, 0) is 55.0 Å². The second-order valence-corrected chi connectivity index (χ2v) is 9.41. The number of methoxy groups -OCH3 is 1. The Morgan fingerprint density at radius 3 is 2.10 bits per heavy atom. The Morgan fingerprint density at radius 1 is 0.805 bits per heavy atom. The van der Waals surface area contributed by atoms with Crippen LogP contribution in [-0.4, -0.2) is 34.8 Å². The third-order valence-corrected chi connectivity index (χ3v) is 6.70. The van der Waals surface area contributed by atoms with E-state index in [9.17, 15) is 4.79 Å². The van der Waals surface area contributed by atoms with Crippen molar-refractivity contribution in [1.82, 2.24) is 9.78 Å². The third-order valence-electron chi connectivity index (χ3n) is 6.70. The first-order chi connectivity index (χ1) is 20.1. The molecule has 0 spiro atoms. The van der Waals surface area contributed by atoms with Crippen LogP contribution in [0.5, 0.6) is 5.75 Å². The summed E-state index contributed by atoms with van der Waals surface area (Å²) in [7, 11) is 1.63. The Labute approximate surface area is 238 Å². The van der Waals surface area contributed by atoms with Crippen LogP contribution in [-0.2, 0) is 4.79 Å². The van der Waals surface area contributed by atoms with Crippen molar-refractivity contribution in [2.24, 2.45) is 9.98 Å². The molecule has 6 rings (SSSR count). The summed E-state index contributed by atoms with van der Waals surface area (Å²) >= 11 is 0. The van der Waals surface area contributed by atoms with E-state index in [-0.39, 0.29) is 5.91 Å². The number of anilines is 1. The van der Waals surface area contributed by atoms with Crippen molar-refractivity contribution in [1.29, 1.82) is 0 Å². The number of amidine groups is 1. The number of para-hydroxylation sites is 1. The van der Waals surface area contributed by atoms with E-state index in [2.05, 4.69) is 0 Å². The quantitative estimate of drug-likeness (QED) is 0.170. The molecular formula is C34H27N5O2. The number of amides is 1. The van der Waals surface area contributed by atoms with Crippen LogP contribution in [0.1, 0.15) is 22.4 Å². The number of benzene rings is 4. The summed E-state index contributed by atoms with van der Waals surface area (Å²) in [5.41, 5.74) is 5.04. The maximum atomic E-state index is 14.2. The molecule has 1 aliphatic heterocycles. The minimum Gasteiger partial charge on any atom is -0.497 e. The molecule has 200 valence electrons. The highest BCUT2D eigenvalue weighted by Crippen LogP contribution is 2.33. The number of hydrogen-bond acceptors (Lipinski definition) is 5. The highest BCUT2D eigenvalue weighted by Gasteiger charge is 2.37. The lowest BCUT2D eigenvalue weighted by Crippen LogP contribution is -2.35. The highest BCUT2D eigenvalue weighted by atomic mass is 16.5. The molecule has 0 radical (unpaired) electrons. The first-order valence-electron chi connectivity index (χ1n) is 13.2. The van der Waals surface area contributed by atoms with Crippen LogP contribution >= 0.6 is 0 Å².